The monoisotopic (exact) mass is 368 g/mol. The van der Waals surface area contributed by atoms with Gasteiger partial charge < -0.3 is 9.52 Å². The Hall–Kier alpha value is -3.38. The maximum Gasteiger partial charge on any atom is 0.335 e. The smallest absolute Gasteiger partial charge is 0.335 e. The molecule has 0 aliphatic carbocycles. The molecule has 0 spiro atoms. The maximum absolute atomic E-state index is 12.0. The molecule has 1 amide bonds. The first-order valence-corrected chi connectivity index (χ1v) is 7.94. The van der Waals surface area contributed by atoms with Crippen LogP contribution in [0.2, 0.25) is 5.02 Å². The highest BCUT2D eigenvalue weighted by Crippen LogP contribution is 2.22. The van der Waals surface area contributed by atoms with Crippen molar-refractivity contribution in [3.05, 3.63) is 82.6 Å². The van der Waals surface area contributed by atoms with Gasteiger partial charge in [-0.3, -0.25) is 4.79 Å². The third-order valence-corrected chi connectivity index (χ3v) is 3.85. The molecular weight excluding hydrogens is 356 g/mol. The minimum Gasteiger partial charge on any atom is -0.478 e. The number of carboxylic acids is 1. The van der Waals surface area contributed by atoms with Gasteiger partial charge in [0.15, 0.2) is 0 Å². The van der Waals surface area contributed by atoms with Crippen LogP contribution in [0, 0.1) is 0 Å². The highest BCUT2D eigenvalue weighted by atomic mass is 35.5. The van der Waals surface area contributed by atoms with Crippen molar-refractivity contribution in [2.45, 2.75) is 0 Å². The van der Waals surface area contributed by atoms with Crippen molar-refractivity contribution in [2.75, 3.05) is 0 Å². The molecule has 0 bridgehead atoms. The van der Waals surface area contributed by atoms with Crippen molar-refractivity contribution in [3.63, 3.8) is 0 Å². The number of nitrogens with one attached hydrogen (secondary N) is 1. The molecule has 0 unspecified atom stereocenters. The van der Waals surface area contributed by atoms with Crippen LogP contribution in [0.3, 0.4) is 0 Å². The lowest BCUT2D eigenvalue weighted by Gasteiger charge is -2.01. The molecular formula is C19H13ClN2O4. The van der Waals surface area contributed by atoms with Gasteiger partial charge in [0, 0.05) is 5.56 Å². The molecule has 3 rings (SSSR count). The quantitative estimate of drug-likeness (QED) is 0.524. The van der Waals surface area contributed by atoms with Crippen molar-refractivity contribution in [1.29, 1.82) is 0 Å². The Bertz CT molecular complexity index is 977. The largest absolute Gasteiger partial charge is 0.478 e. The molecule has 0 saturated heterocycles. The molecule has 0 aliphatic heterocycles. The van der Waals surface area contributed by atoms with Crippen molar-refractivity contribution < 1.29 is 19.1 Å². The number of hydrazone groups is 1. The number of aromatic carboxylic acids is 1. The molecule has 130 valence electrons. The molecule has 2 N–H and O–H groups in total. The number of benzene rings is 2. The Balaban J connectivity index is 1.66. The zero-order valence-corrected chi connectivity index (χ0v) is 14.1. The van der Waals surface area contributed by atoms with Gasteiger partial charge in [-0.2, -0.15) is 5.10 Å². The molecule has 0 fully saturated rings. The number of hydrogen-bond donors (Lipinski definition) is 2. The summed E-state index contributed by atoms with van der Waals surface area (Å²) in [6.07, 6.45) is 1.36. The second kappa shape index (κ2) is 7.67. The number of halogens is 1. The second-order valence-electron chi connectivity index (χ2n) is 5.26. The molecule has 2 aromatic carbocycles. The van der Waals surface area contributed by atoms with Crippen LogP contribution in [-0.2, 0) is 0 Å². The van der Waals surface area contributed by atoms with E-state index in [1.54, 1.807) is 48.5 Å². The van der Waals surface area contributed by atoms with Crippen LogP contribution < -0.4 is 5.43 Å². The molecule has 1 aromatic heterocycles. The summed E-state index contributed by atoms with van der Waals surface area (Å²) in [7, 11) is 0. The number of nitrogens with zero attached hydrogens (tertiary/aromatic N) is 1. The van der Waals surface area contributed by atoms with Crippen LogP contribution in [0.4, 0.5) is 0 Å². The lowest BCUT2D eigenvalue weighted by molar-refractivity contribution is 0.0696. The molecule has 0 radical (unpaired) electrons. The summed E-state index contributed by atoms with van der Waals surface area (Å²) in [6.45, 7) is 0. The summed E-state index contributed by atoms with van der Waals surface area (Å²) in [5.74, 6) is -0.427. The van der Waals surface area contributed by atoms with E-state index in [4.69, 9.17) is 21.1 Å². The Labute approximate surface area is 153 Å². The summed E-state index contributed by atoms with van der Waals surface area (Å²) >= 11 is 5.95. The van der Waals surface area contributed by atoms with Gasteiger partial charge in [-0.05, 0) is 36.4 Å². The standard InChI is InChI=1S/C19H13ClN2O4/c20-16-4-2-1-3-15(16)18(23)22-21-11-14-9-10-17(26-14)12-5-7-13(8-6-12)19(24)25/h1-11H,(H,22,23)(H,24,25)/b21-11-. The van der Waals surface area contributed by atoms with Crippen molar-refractivity contribution in [3.8, 4) is 11.3 Å². The minimum atomic E-state index is -0.988. The van der Waals surface area contributed by atoms with Gasteiger partial charge in [0.05, 0.1) is 22.4 Å². The fourth-order valence-electron chi connectivity index (χ4n) is 2.21. The van der Waals surface area contributed by atoms with E-state index in [2.05, 4.69) is 10.5 Å². The molecule has 1 heterocycles. The average molecular weight is 369 g/mol. The lowest BCUT2D eigenvalue weighted by Crippen LogP contribution is -2.17. The van der Waals surface area contributed by atoms with Crippen LogP contribution in [0.15, 0.2) is 70.2 Å². The predicted molar refractivity (Wildman–Crippen MR) is 97.6 cm³/mol. The van der Waals surface area contributed by atoms with E-state index in [1.807, 2.05) is 0 Å². The van der Waals surface area contributed by atoms with Crippen LogP contribution in [0.5, 0.6) is 0 Å². The van der Waals surface area contributed by atoms with Gasteiger partial charge in [-0.1, -0.05) is 35.9 Å². The van der Waals surface area contributed by atoms with Crippen molar-refractivity contribution in [1.82, 2.24) is 5.43 Å². The number of rotatable bonds is 5. The Morgan fingerprint density at radius 1 is 1.04 bits per heavy atom. The number of furan rings is 1. The first-order valence-electron chi connectivity index (χ1n) is 7.56. The molecule has 0 atom stereocenters. The van der Waals surface area contributed by atoms with Crippen molar-refractivity contribution >= 4 is 29.7 Å². The van der Waals surface area contributed by atoms with Gasteiger partial charge in [0.2, 0.25) is 0 Å². The third kappa shape index (κ3) is 3.99. The summed E-state index contributed by atoms with van der Waals surface area (Å²) in [6, 6.07) is 16.4. The first-order chi connectivity index (χ1) is 12.5. The molecule has 0 aliphatic rings. The van der Waals surface area contributed by atoms with E-state index in [-0.39, 0.29) is 5.56 Å². The van der Waals surface area contributed by atoms with Gasteiger partial charge in [-0.15, -0.1) is 0 Å². The fraction of sp³-hybridized carbons (Fsp3) is 0. The van der Waals surface area contributed by atoms with Crippen LogP contribution in [0.25, 0.3) is 11.3 Å². The maximum atomic E-state index is 12.0. The Kier molecular flexibility index (Phi) is 5.15. The summed E-state index contributed by atoms with van der Waals surface area (Å²) in [5, 5.41) is 13.1. The first kappa shape index (κ1) is 17.4. The van der Waals surface area contributed by atoms with Crippen LogP contribution in [0.1, 0.15) is 26.5 Å². The molecule has 3 aromatic rings. The van der Waals surface area contributed by atoms with E-state index in [0.717, 1.165) is 5.56 Å². The number of carboxylic acid groups (broad SMARTS) is 1. The van der Waals surface area contributed by atoms with Gasteiger partial charge in [0.25, 0.3) is 5.91 Å². The van der Waals surface area contributed by atoms with E-state index in [1.165, 1.54) is 18.3 Å². The Morgan fingerprint density at radius 3 is 2.46 bits per heavy atom. The van der Waals surface area contributed by atoms with Gasteiger partial charge in [-0.25, -0.2) is 10.2 Å². The third-order valence-electron chi connectivity index (χ3n) is 3.52. The van der Waals surface area contributed by atoms with Crippen LogP contribution in [-0.4, -0.2) is 23.2 Å². The molecule has 0 saturated carbocycles. The highest BCUT2D eigenvalue weighted by molar-refractivity contribution is 6.33. The van der Waals surface area contributed by atoms with Gasteiger partial charge >= 0.3 is 5.97 Å². The summed E-state index contributed by atoms with van der Waals surface area (Å²) in [5.41, 5.74) is 3.63. The zero-order valence-electron chi connectivity index (χ0n) is 13.3. The predicted octanol–water partition coefficient (Wildman–Crippen LogP) is 4.06. The zero-order chi connectivity index (χ0) is 18.5. The average Bonchev–Trinajstić information content (AvgIpc) is 3.11. The lowest BCUT2D eigenvalue weighted by atomic mass is 10.1. The normalized spacial score (nSPS) is 10.8. The topological polar surface area (TPSA) is 91.9 Å². The highest BCUT2D eigenvalue weighted by Gasteiger charge is 2.09. The van der Waals surface area contributed by atoms with E-state index < -0.39 is 11.9 Å². The molecule has 7 heteroatoms. The number of carbonyl (C=O) groups is 2. The fourth-order valence-corrected chi connectivity index (χ4v) is 2.44. The van der Waals surface area contributed by atoms with Crippen molar-refractivity contribution in [2.24, 2.45) is 5.10 Å². The molecule has 6 nitrogen and oxygen atoms in total. The number of carbonyl (C=O) groups excluding carboxylic acids is 1. The Morgan fingerprint density at radius 2 is 1.77 bits per heavy atom. The van der Waals surface area contributed by atoms with E-state index in [0.29, 0.717) is 22.1 Å². The number of hydrogen-bond acceptors (Lipinski definition) is 4. The second-order valence-corrected chi connectivity index (χ2v) is 5.67. The number of amides is 1. The SMILES string of the molecule is O=C(O)c1ccc(-c2ccc(/C=N\NC(=O)c3ccccc3Cl)o2)cc1. The minimum absolute atomic E-state index is 0.198. The van der Waals surface area contributed by atoms with Crippen LogP contribution >= 0.6 is 11.6 Å². The molecule has 26 heavy (non-hydrogen) atoms. The summed E-state index contributed by atoms with van der Waals surface area (Å²) < 4.78 is 5.61. The van der Waals surface area contributed by atoms with E-state index in [9.17, 15) is 9.59 Å². The van der Waals surface area contributed by atoms with E-state index >= 15 is 0 Å². The van der Waals surface area contributed by atoms with Gasteiger partial charge in [0.1, 0.15) is 11.5 Å². The summed E-state index contributed by atoms with van der Waals surface area (Å²) in [4.78, 5) is 22.8.